The van der Waals surface area contributed by atoms with Crippen LogP contribution in [0.25, 0.3) is 0 Å². The maximum Gasteiger partial charge on any atom is 0.324 e. The number of nitro groups is 1. The lowest BCUT2D eigenvalue weighted by atomic mass is 9.84. The molecular weight excluding hydrogens is 286 g/mol. The fourth-order valence-electron chi connectivity index (χ4n) is 3.57. The maximum absolute atomic E-state index is 10.8. The second kappa shape index (κ2) is 6.42. The van der Waals surface area contributed by atoms with Gasteiger partial charge in [0.25, 0.3) is 0 Å². The lowest BCUT2D eigenvalue weighted by Gasteiger charge is -2.41. The van der Waals surface area contributed by atoms with Crippen LogP contribution in [-0.4, -0.2) is 54.0 Å². The zero-order valence-electron chi connectivity index (χ0n) is 12.5. The first-order valence-corrected chi connectivity index (χ1v) is 8.62. The molecule has 2 heterocycles. The molecule has 0 N–H and O–H groups in total. The quantitative estimate of drug-likeness (QED) is 0.636. The molecule has 1 aliphatic carbocycles. The van der Waals surface area contributed by atoms with E-state index in [1.807, 2.05) is 6.07 Å². The summed E-state index contributed by atoms with van der Waals surface area (Å²) in [6, 6.07) is 4.35. The molecular formula is C15H23N3O2S. The topological polar surface area (TPSA) is 49.6 Å². The predicted molar refractivity (Wildman–Crippen MR) is 85.0 cm³/mol. The molecule has 2 fully saturated rings. The van der Waals surface area contributed by atoms with Gasteiger partial charge in [0.1, 0.15) is 0 Å². The van der Waals surface area contributed by atoms with E-state index in [0.29, 0.717) is 5.92 Å². The molecule has 0 spiro atoms. The molecule has 3 rings (SSSR count). The highest BCUT2D eigenvalue weighted by atomic mass is 32.1. The van der Waals surface area contributed by atoms with E-state index in [0.717, 1.165) is 6.04 Å². The van der Waals surface area contributed by atoms with Gasteiger partial charge in [0.2, 0.25) is 0 Å². The molecule has 0 radical (unpaired) electrons. The van der Waals surface area contributed by atoms with Crippen molar-refractivity contribution in [3.8, 4) is 0 Å². The standard InChI is InChI=1S/C15H23N3O2S/c1-16-8-10-17(11-9-16)13-4-2-12(3-5-13)14-6-7-15(21-14)18(19)20/h6-7,12-13H,2-5,8-11H2,1H3. The Balaban J connectivity index is 1.53. The van der Waals surface area contributed by atoms with Crippen LogP contribution in [0, 0.1) is 10.1 Å². The van der Waals surface area contributed by atoms with Crippen molar-refractivity contribution in [3.05, 3.63) is 27.1 Å². The SMILES string of the molecule is CN1CCN(C2CCC(c3ccc([N+](=O)[O-])s3)CC2)CC1. The number of rotatable bonds is 3. The van der Waals surface area contributed by atoms with Crippen LogP contribution in [0.2, 0.25) is 0 Å². The minimum Gasteiger partial charge on any atom is -0.304 e. The zero-order valence-corrected chi connectivity index (χ0v) is 13.3. The van der Waals surface area contributed by atoms with Gasteiger partial charge in [-0.3, -0.25) is 15.0 Å². The average molecular weight is 309 g/mol. The van der Waals surface area contributed by atoms with Crippen molar-refractivity contribution in [2.75, 3.05) is 33.2 Å². The Morgan fingerprint density at radius 3 is 2.38 bits per heavy atom. The highest BCUT2D eigenvalue weighted by Crippen LogP contribution is 2.39. The second-order valence-electron chi connectivity index (χ2n) is 6.28. The third-order valence-corrected chi connectivity index (χ3v) is 6.15. The van der Waals surface area contributed by atoms with Gasteiger partial charge in [0, 0.05) is 43.2 Å². The summed E-state index contributed by atoms with van der Waals surface area (Å²) in [6.07, 6.45) is 4.82. The van der Waals surface area contributed by atoms with Crippen molar-refractivity contribution in [1.82, 2.24) is 9.80 Å². The number of thiophene rings is 1. The third-order valence-electron chi connectivity index (χ3n) is 4.95. The molecule has 116 valence electrons. The molecule has 0 atom stereocenters. The molecule has 1 aliphatic heterocycles. The fraction of sp³-hybridized carbons (Fsp3) is 0.733. The summed E-state index contributed by atoms with van der Waals surface area (Å²) in [5, 5.41) is 11.1. The number of piperazine rings is 1. The van der Waals surface area contributed by atoms with Crippen molar-refractivity contribution in [3.63, 3.8) is 0 Å². The van der Waals surface area contributed by atoms with E-state index in [2.05, 4.69) is 16.8 Å². The van der Waals surface area contributed by atoms with Gasteiger partial charge in [-0.15, -0.1) is 0 Å². The van der Waals surface area contributed by atoms with Crippen LogP contribution in [0.1, 0.15) is 36.5 Å². The molecule has 0 unspecified atom stereocenters. The van der Waals surface area contributed by atoms with E-state index >= 15 is 0 Å². The third kappa shape index (κ3) is 3.44. The van der Waals surface area contributed by atoms with Crippen molar-refractivity contribution < 1.29 is 4.92 Å². The molecule has 6 heteroatoms. The summed E-state index contributed by atoms with van der Waals surface area (Å²) in [5.41, 5.74) is 0. The highest BCUT2D eigenvalue weighted by Gasteiger charge is 2.29. The van der Waals surface area contributed by atoms with Crippen LogP contribution in [-0.2, 0) is 0 Å². The molecule has 0 bridgehead atoms. The summed E-state index contributed by atoms with van der Waals surface area (Å²) in [4.78, 5) is 16.8. The number of hydrogen-bond acceptors (Lipinski definition) is 5. The van der Waals surface area contributed by atoms with Gasteiger partial charge in [-0.1, -0.05) is 11.3 Å². The molecule has 1 aromatic rings. The maximum atomic E-state index is 10.8. The van der Waals surface area contributed by atoms with Gasteiger partial charge >= 0.3 is 5.00 Å². The van der Waals surface area contributed by atoms with Crippen molar-refractivity contribution in [2.24, 2.45) is 0 Å². The van der Waals surface area contributed by atoms with Crippen molar-refractivity contribution in [1.29, 1.82) is 0 Å². The van der Waals surface area contributed by atoms with Crippen LogP contribution in [0.15, 0.2) is 12.1 Å². The Hall–Kier alpha value is -0.980. The minimum absolute atomic E-state index is 0.274. The molecule has 1 saturated heterocycles. The van der Waals surface area contributed by atoms with Crippen LogP contribution < -0.4 is 0 Å². The van der Waals surface area contributed by atoms with E-state index in [1.54, 1.807) is 6.07 Å². The summed E-state index contributed by atoms with van der Waals surface area (Å²) < 4.78 is 0. The van der Waals surface area contributed by atoms with Gasteiger partial charge in [0.05, 0.1) is 4.92 Å². The minimum atomic E-state index is -0.274. The molecule has 2 aliphatic rings. The van der Waals surface area contributed by atoms with E-state index in [-0.39, 0.29) is 9.92 Å². The van der Waals surface area contributed by atoms with Gasteiger partial charge in [0.15, 0.2) is 0 Å². The van der Waals surface area contributed by atoms with Crippen LogP contribution in [0.4, 0.5) is 5.00 Å². The first-order valence-electron chi connectivity index (χ1n) is 7.80. The first kappa shape index (κ1) is 14.9. The zero-order chi connectivity index (χ0) is 14.8. The Morgan fingerprint density at radius 2 is 1.81 bits per heavy atom. The van der Waals surface area contributed by atoms with Gasteiger partial charge in [-0.05, 0) is 44.7 Å². The normalized spacial score (nSPS) is 28.6. The lowest BCUT2D eigenvalue weighted by molar-refractivity contribution is -0.380. The van der Waals surface area contributed by atoms with Crippen LogP contribution >= 0.6 is 11.3 Å². The van der Waals surface area contributed by atoms with Crippen molar-refractivity contribution >= 4 is 16.3 Å². The number of nitrogens with zero attached hydrogens (tertiary/aromatic N) is 3. The molecule has 1 aromatic heterocycles. The van der Waals surface area contributed by atoms with E-state index < -0.39 is 0 Å². The molecule has 0 aromatic carbocycles. The first-order chi connectivity index (χ1) is 10.1. The lowest BCUT2D eigenvalue weighted by Crippen LogP contribution is -2.49. The molecule has 0 amide bonds. The Labute approximate surface area is 129 Å². The molecule has 1 saturated carbocycles. The molecule has 5 nitrogen and oxygen atoms in total. The summed E-state index contributed by atoms with van der Waals surface area (Å²) in [5.74, 6) is 0.535. The summed E-state index contributed by atoms with van der Waals surface area (Å²) in [6.45, 7) is 4.74. The molecule has 21 heavy (non-hydrogen) atoms. The second-order valence-corrected chi connectivity index (χ2v) is 7.37. The summed E-state index contributed by atoms with van der Waals surface area (Å²) >= 11 is 1.37. The van der Waals surface area contributed by atoms with Crippen LogP contribution in [0.5, 0.6) is 0 Å². The average Bonchev–Trinajstić information content (AvgIpc) is 2.98. The predicted octanol–water partition coefficient (Wildman–Crippen LogP) is 2.93. The Morgan fingerprint density at radius 1 is 1.14 bits per heavy atom. The monoisotopic (exact) mass is 309 g/mol. The highest BCUT2D eigenvalue weighted by molar-refractivity contribution is 7.15. The Kier molecular flexibility index (Phi) is 4.57. The van der Waals surface area contributed by atoms with E-state index in [4.69, 9.17) is 0 Å². The largest absolute Gasteiger partial charge is 0.324 e. The van der Waals surface area contributed by atoms with Gasteiger partial charge < -0.3 is 4.90 Å². The van der Waals surface area contributed by atoms with Gasteiger partial charge in [-0.2, -0.15) is 0 Å². The summed E-state index contributed by atoms with van der Waals surface area (Å²) in [7, 11) is 2.19. The Bertz CT molecular complexity index is 489. The fourth-order valence-corrected chi connectivity index (χ4v) is 4.56. The number of likely N-dealkylation sites (N-methyl/N-ethyl adjacent to an activating group) is 1. The smallest absolute Gasteiger partial charge is 0.304 e. The van der Waals surface area contributed by atoms with Crippen molar-refractivity contribution in [2.45, 2.75) is 37.6 Å². The number of hydrogen-bond donors (Lipinski definition) is 0. The van der Waals surface area contributed by atoms with Crippen LogP contribution in [0.3, 0.4) is 0 Å². The van der Waals surface area contributed by atoms with E-state index in [9.17, 15) is 10.1 Å². The van der Waals surface area contributed by atoms with E-state index in [1.165, 1.54) is 68.1 Å². The van der Waals surface area contributed by atoms with Gasteiger partial charge in [-0.25, -0.2) is 0 Å².